The lowest BCUT2D eigenvalue weighted by Crippen LogP contribution is -2.45. The van der Waals surface area contributed by atoms with E-state index in [9.17, 15) is 24.5 Å². The number of rotatable bonds is 38. The number of carbonyl (C=O) groups excluding carboxylic acids is 1. The summed E-state index contributed by atoms with van der Waals surface area (Å²) in [7, 11) is 1.50. The third-order valence-electron chi connectivity index (χ3n) is 9.29. The first kappa shape index (κ1) is 53.2. The van der Waals surface area contributed by atoms with Gasteiger partial charge in [-0.2, -0.15) is 0 Å². The highest BCUT2D eigenvalue weighted by molar-refractivity contribution is 7.47. The number of aliphatic hydroxyl groups excluding tert-OH is 2. The van der Waals surface area contributed by atoms with Crippen LogP contribution in [0.5, 0.6) is 0 Å². The number of nitrogens with zero attached hydrogens (tertiary/aromatic N) is 1. The van der Waals surface area contributed by atoms with Crippen molar-refractivity contribution >= 4 is 13.7 Å². The lowest BCUT2D eigenvalue weighted by molar-refractivity contribution is -0.870. The SMILES string of the molecule is CCCCCCCCCCCCCCC/C=C/[C@@H](O)[C@H](COP(=O)(O)OCC[N+](C)(C)C)NC(=O)CCC/C=C\C/C=C\C/C=C\C/C=C\CC(O)CCC. The average molecular weight is 796 g/mol. The number of hydrogen-bond donors (Lipinski definition) is 4. The van der Waals surface area contributed by atoms with Gasteiger partial charge in [-0.25, -0.2) is 4.57 Å². The maximum Gasteiger partial charge on any atom is 0.472 e. The standard InChI is InChI=1S/C45H83N2O7P/c1-6-8-9-10-11-12-13-14-15-18-21-24-27-30-33-37-44(49)43(41-54-55(51,52)53-40-39-47(3,4)5)46-45(50)38-34-31-28-25-22-19-16-17-20-23-26-29-32-36-42(48)35-7-2/h16,19-20,23,25,28-29,32-33,37,42-44,48-49H,6-15,17-18,21-22,24,26-27,30-31,34-36,38-41H2,1-5H3,(H-,46,50,51,52)/p+1/b19-16-,23-20-,28-25-,32-29-,37-33+/t42?,43-,44+/m0/s1. The molecule has 0 bridgehead atoms. The number of phosphoric acid groups is 1. The molecule has 0 fully saturated rings. The molecule has 0 heterocycles. The number of allylic oxidation sites excluding steroid dienone is 8. The topological polar surface area (TPSA) is 125 Å². The summed E-state index contributed by atoms with van der Waals surface area (Å²) in [6.45, 7) is 4.55. The quantitative estimate of drug-likeness (QED) is 0.0212. The maximum absolute atomic E-state index is 12.8. The molecule has 0 aliphatic carbocycles. The Morgan fingerprint density at radius 2 is 1.18 bits per heavy atom. The normalized spacial score (nSPS) is 15.6. The summed E-state index contributed by atoms with van der Waals surface area (Å²) in [5, 5.41) is 23.5. The van der Waals surface area contributed by atoms with E-state index < -0.39 is 20.0 Å². The monoisotopic (exact) mass is 796 g/mol. The first-order valence-electron chi connectivity index (χ1n) is 21.7. The van der Waals surface area contributed by atoms with Crippen LogP contribution in [0.2, 0.25) is 0 Å². The minimum absolute atomic E-state index is 0.0421. The lowest BCUT2D eigenvalue weighted by Gasteiger charge is -2.25. The van der Waals surface area contributed by atoms with E-state index in [0.29, 0.717) is 17.4 Å². The van der Waals surface area contributed by atoms with Gasteiger partial charge in [-0.3, -0.25) is 13.8 Å². The molecule has 0 saturated carbocycles. The first-order chi connectivity index (χ1) is 26.4. The molecule has 0 aromatic carbocycles. The third kappa shape index (κ3) is 38.8. The summed E-state index contributed by atoms with van der Waals surface area (Å²) in [5.41, 5.74) is 0. The number of aliphatic hydroxyl groups is 2. The van der Waals surface area contributed by atoms with Crippen molar-refractivity contribution in [3.05, 3.63) is 60.8 Å². The minimum atomic E-state index is -4.36. The molecule has 0 aromatic heterocycles. The molecule has 4 atom stereocenters. The van der Waals surface area contributed by atoms with Crippen molar-refractivity contribution in [2.45, 2.75) is 180 Å². The highest BCUT2D eigenvalue weighted by Gasteiger charge is 2.27. The zero-order valence-electron chi connectivity index (χ0n) is 35.8. The van der Waals surface area contributed by atoms with Gasteiger partial charge in [-0.15, -0.1) is 0 Å². The number of quaternary nitrogens is 1. The summed E-state index contributed by atoms with van der Waals surface area (Å²) >= 11 is 0. The molecule has 4 N–H and O–H groups in total. The zero-order chi connectivity index (χ0) is 40.9. The molecular formula is C45H84N2O7P+. The molecule has 0 saturated heterocycles. The smallest absolute Gasteiger partial charge is 0.393 e. The van der Waals surface area contributed by atoms with Crippen LogP contribution in [0.15, 0.2) is 60.8 Å². The Labute approximate surface area is 337 Å². The summed E-state index contributed by atoms with van der Waals surface area (Å²) in [6, 6.07) is -0.887. The second kappa shape index (κ2) is 36.5. The molecule has 0 radical (unpaired) electrons. The van der Waals surface area contributed by atoms with Crippen LogP contribution in [-0.2, 0) is 18.4 Å². The van der Waals surface area contributed by atoms with Crippen LogP contribution in [0.3, 0.4) is 0 Å². The lowest BCUT2D eigenvalue weighted by atomic mass is 10.0. The van der Waals surface area contributed by atoms with Crippen molar-refractivity contribution in [3.8, 4) is 0 Å². The fraction of sp³-hybridized carbons (Fsp3) is 0.756. The Morgan fingerprint density at radius 3 is 1.73 bits per heavy atom. The Balaban J connectivity index is 4.59. The number of amides is 1. The van der Waals surface area contributed by atoms with E-state index in [0.717, 1.165) is 64.2 Å². The number of phosphoric ester groups is 1. The number of nitrogens with one attached hydrogen (secondary N) is 1. The summed E-state index contributed by atoms with van der Waals surface area (Å²) in [6.07, 6.45) is 43.5. The molecule has 10 heteroatoms. The van der Waals surface area contributed by atoms with Gasteiger partial charge in [-0.1, -0.05) is 158 Å². The molecule has 2 unspecified atom stereocenters. The van der Waals surface area contributed by atoms with Crippen molar-refractivity contribution in [2.75, 3.05) is 40.9 Å². The van der Waals surface area contributed by atoms with E-state index in [1.54, 1.807) is 6.08 Å². The van der Waals surface area contributed by atoms with Crippen molar-refractivity contribution in [3.63, 3.8) is 0 Å². The maximum atomic E-state index is 12.8. The highest BCUT2D eigenvalue weighted by Crippen LogP contribution is 2.43. The Morgan fingerprint density at radius 1 is 0.673 bits per heavy atom. The molecule has 1 amide bonds. The molecule has 0 aliphatic heterocycles. The van der Waals surface area contributed by atoms with Gasteiger partial charge in [0.25, 0.3) is 0 Å². The summed E-state index contributed by atoms with van der Waals surface area (Å²) in [4.78, 5) is 23.1. The van der Waals surface area contributed by atoms with Crippen LogP contribution in [0, 0.1) is 0 Å². The van der Waals surface area contributed by atoms with Crippen LogP contribution in [0.25, 0.3) is 0 Å². The van der Waals surface area contributed by atoms with E-state index in [4.69, 9.17) is 9.05 Å². The van der Waals surface area contributed by atoms with Crippen LogP contribution < -0.4 is 5.32 Å². The average Bonchev–Trinajstić information content (AvgIpc) is 3.12. The van der Waals surface area contributed by atoms with Crippen LogP contribution in [0.1, 0.15) is 162 Å². The van der Waals surface area contributed by atoms with Crippen LogP contribution >= 0.6 is 7.82 Å². The predicted octanol–water partition coefficient (Wildman–Crippen LogP) is 10.8. The minimum Gasteiger partial charge on any atom is -0.393 e. The van der Waals surface area contributed by atoms with Crippen molar-refractivity contribution in [1.29, 1.82) is 0 Å². The predicted molar refractivity (Wildman–Crippen MR) is 232 cm³/mol. The van der Waals surface area contributed by atoms with Crippen molar-refractivity contribution in [1.82, 2.24) is 5.32 Å². The van der Waals surface area contributed by atoms with E-state index in [-0.39, 0.29) is 31.6 Å². The van der Waals surface area contributed by atoms with E-state index in [1.165, 1.54) is 70.6 Å². The Hall–Kier alpha value is -1.84. The number of unbranched alkanes of at least 4 members (excludes halogenated alkanes) is 14. The van der Waals surface area contributed by atoms with Crippen molar-refractivity contribution < 1.29 is 38.0 Å². The van der Waals surface area contributed by atoms with Gasteiger partial charge < -0.3 is 24.9 Å². The fourth-order valence-corrected chi connectivity index (χ4v) is 6.55. The highest BCUT2D eigenvalue weighted by atomic mass is 31.2. The molecule has 320 valence electrons. The van der Waals surface area contributed by atoms with Gasteiger partial charge >= 0.3 is 7.82 Å². The molecule has 0 spiro atoms. The Bertz CT molecular complexity index is 1100. The largest absolute Gasteiger partial charge is 0.472 e. The second-order valence-corrected chi connectivity index (χ2v) is 17.4. The van der Waals surface area contributed by atoms with Gasteiger partial charge in [0.1, 0.15) is 13.2 Å². The van der Waals surface area contributed by atoms with Crippen LogP contribution in [0.4, 0.5) is 0 Å². The van der Waals surface area contributed by atoms with E-state index in [1.807, 2.05) is 33.3 Å². The van der Waals surface area contributed by atoms with Gasteiger partial charge in [0, 0.05) is 6.42 Å². The summed E-state index contributed by atoms with van der Waals surface area (Å²) in [5.74, 6) is -0.247. The van der Waals surface area contributed by atoms with Crippen molar-refractivity contribution in [2.24, 2.45) is 0 Å². The van der Waals surface area contributed by atoms with Gasteiger partial charge in [0.05, 0.1) is 46.0 Å². The van der Waals surface area contributed by atoms with E-state index >= 15 is 0 Å². The number of hydrogen-bond acceptors (Lipinski definition) is 6. The zero-order valence-corrected chi connectivity index (χ0v) is 36.7. The molecule has 9 nitrogen and oxygen atoms in total. The number of likely N-dealkylation sites (N-methyl/N-ethyl adjacent to an activating group) is 1. The van der Waals surface area contributed by atoms with Gasteiger partial charge in [-0.05, 0) is 57.8 Å². The second-order valence-electron chi connectivity index (χ2n) is 15.9. The molecule has 55 heavy (non-hydrogen) atoms. The molecule has 0 aliphatic rings. The van der Waals surface area contributed by atoms with Gasteiger partial charge in [0.15, 0.2) is 0 Å². The fourth-order valence-electron chi connectivity index (χ4n) is 5.81. The first-order valence-corrected chi connectivity index (χ1v) is 23.2. The number of carbonyl (C=O) groups is 1. The van der Waals surface area contributed by atoms with Crippen LogP contribution in [-0.4, -0.2) is 84.6 Å². The van der Waals surface area contributed by atoms with E-state index in [2.05, 4.69) is 61.7 Å². The molecule has 0 rings (SSSR count). The summed E-state index contributed by atoms with van der Waals surface area (Å²) < 4.78 is 23.5. The Kier molecular flexibility index (Phi) is 35.3. The molecule has 0 aromatic rings. The molecular weight excluding hydrogens is 711 g/mol. The third-order valence-corrected chi connectivity index (χ3v) is 10.3. The van der Waals surface area contributed by atoms with Gasteiger partial charge in [0.2, 0.25) is 5.91 Å².